The number of carbonyl (C=O) groups excluding carboxylic acids is 3. The van der Waals surface area contributed by atoms with Gasteiger partial charge in [0, 0.05) is 23.6 Å². The minimum atomic E-state index is -0.754. The molecule has 5 nitrogen and oxygen atoms in total. The molecule has 0 aromatic heterocycles. The lowest BCUT2D eigenvalue weighted by Gasteiger charge is -2.34. The van der Waals surface area contributed by atoms with Crippen molar-refractivity contribution in [3.05, 3.63) is 65.7 Å². The van der Waals surface area contributed by atoms with Gasteiger partial charge < -0.3 is 10.1 Å². The summed E-state index contributed by atoms with van der Waals surface area (Å²) in [6.07, 6.45) is 6.52. The zero-order chi connectivity index (χ0) is 21.0. The molecule has 0 spiro atoms. The van der Waals surface area contributed by atoms with Gasteiger partial charge >= 0.3 is 5.97 Å². The highest BCUT2D eigenvalue weighted by Crippen LogP contribution is 2.41. The van der Waals surface area contributed by atoms with E-state index in [1.807, 2.05) is 18.2 Å². The van der Waals surface area contributed by atoms with Crippen LogP contribution in [0.15, 0.2) is 54.6 Å². The number of ketones is 1. The maximum Gasteiger partial charge on any atom is 0.317 e. The van der Waals surface area contributed by atoms with E-state index in [2.05, 4.69) is 5.32 Å². The van der Waals surface area contributed by atoms with Gasteiger partial charge in [-0.3, -0.25) is 14.4 Å². The van der Waals surface area contributed by atoms with Crippen molar-refractivity contribution in [2.45, 2.75) is 57.4 Å². The van der Waals surface area contributed by atoms with Crippen LogP contribution in [0.2, 0.25) is 0 Å². The van der Waals surface area contributed by atoms with Crippen molar-refractivity contribution in [1.82, 2.24) is 5.32 Å². The zero-order valence-electron chi connectivity index (χ0n) is 17.1. The fourth-order valence-electron chi connectivity index (χ4n) is 4.14. The number of rotatable bonds is 7. The van der Waals surface area contributed by atoms with E-state index >= 15 is 0 Å². The van der Waals surface area contributed by atoms with Gasteiger partial charge in [-0.15, -0.1) is 0 Å². The molecule has 0 saturated heterocycles. The Kier molecular flexibility index (Phi) is 5.98. The SMILES string of the molecule is O=C(CC1(C(=O)Oc2ccc(C(=O)c3ccccc3)cc2)CCCCC1)NC1CC1. The standard InChI is InChI=1S/C25H27NO4/c27-22(26-20-11-12-20)17-25(15-5-2-6-16-25)24(29)30-21-13-9-19(10-14-21)23(28)18-7-3-1-4-8-18/h1,3-4,7-10,13-14,20H,2,5-6,11-12,15-17H2,(H,26,27). The molecule has 0 aliphatic heterocycles. The summed E-state index contributed by atoms with van der Waals surface area (Å²) in [5.41, 5.74) is 0.401. The summed E-state index contributed by atoms with van der Waals surface area (Å²) in [6, 6.07) is 16.0. The molecule has 1 N–H and O–H groups in total. The first kappa shape index (κ1) is 20.3. The highest BCUT2D eigenvalue weighted by Gasteiger charge is 2.43. The first-order valence-corrected chi connectivity index (χ1v) is 10.8. The summed E-state index contributed by atoms with van der Waals surface area (Å²) >= 11 is 0. The largest absolute Gasteiger partial charge is 0.426 e. The average molecular weight is 405 g/mol. The predicted octanol–water partition coefficient (Wildman–Crippen LogP) is 4.44. The number of esters is 1. The lowest BCUT2D eigenvalue weighted by Crippen LogP contribution is -2.42. The maximum atomic E-state index is 13.1. The smallest absolute Gasteiger partial charge is 0.317 e. The first-order valence-electron chi connectivity index (χ1n) is 10.8. The third-order valence-corrected chi connectivity index (χ3v) is 6.05. The molecular formula is C25H27NO4. The molecule has 0 bridgehead atoms. The average Bonchev–Trinajstić information content (AvgIpc) is 3.59. The molecule has 2 aliphatic carbocycles. The van der Waals surface area contributed by atoms with Crippen LogP contribution < -0.4 is 10.1 Å². The van der Waals surface area contributed by atoms with Crippen LogP contribution in [0.1, 0.15) is 67.3 Å². The lowest BCUT2D eigenvalue weighted by atomic mass is 9.71. The van der Waals surface area contributed by atoms with Gasteiger partial charge in [-0.2, -0.15) is 0 Å². The van der Waals surface area contributed by atoms with Gasteiger partial charge in [0.15, 0.2) is 5.78 Å². The molecule has 0 radical (unpaired) electrons. The van der Waals surface area contributed by atoms with Gasteiger partial charge in [-0.25, -0.2) is 0 Å². The van der Waals surface area contributed by atoms with E-state index < -0.39 is 5.41 Å². The van der Waals surface area contributed by atoms with E-state index in [0.29, 0.717) is 29.7 Å². The van der Waals surface area contributed by atoms with E-state index in [0.717, 1.165) is 32.1 Å². The molecule has 0 heterocycles. The third kappa shape index (κ3) is 4.78. The van der Waals surface area contributed by atoms with Gasteiger partial charge in [0.05, 0.1) is 5.41 Å². The van der Waals surface area contributed by atoms with Crippen LogP contribution in [0, 0.1) is 5.41 Å². The summed E-state index contributed by atoms with van der Waals surface area (Å²) in [5.74, 6) is -0.0680. The summed E-state index contributed by atoms with van der Waals surface area (Å²) in [6.45, 7) is 0. The normalized spacial score (nSPS) is 17.7. The van der Waals surface area contributed by atoms with Crippen LogP contribution in [0.4, 0.5) is 0 Å². The molecule has 0 unspecified atom stereocenters. The second kappa shape index (κ2) is 8.82. The number of hydrogen-bond donors (Lipinski definition) is 1. The minimum Gasteiger partial charge on any atom is -0.426 e. The Morgan fingerprint density at radius 1 is 0.867 bits per heavy atom. The summed E-state index contributed by atoms with van der Waals surface area (Å²) in [4.78, 5) is 38.1. The molecule has 2 aromatic rings. The van der Waals surface area contributed by atoms with E-state index in [4.69, 9.17) is 4.74 Å². The summed E-state index contributed by atoms with van der Waals surface area (Å²) < 4.78 is 5.69. The molecule has 2 aliphatic rings. The second-order valence-electron chi connectivity index (χ2n) is 8.47. The number of amides is 1. The molecule has 0 atom stereocenters. The summed E-state index contributed by atoms with van der Waals surface area (Å²) in [5, 5.41) is 3.00. The van der Waals surface area contributed by atoms with Gasteiger partial charge in [0.1, 0.15) is 5.75 Å². The van der Waals surface area contributed by atoms with Gasteiger partial charge in [0.25, 0.3) is 0 Å². The van der Waals surface area contributed by atoms with Crippen LogP contribution in [-0.4, -0.2) is 23.7 Å². The van der Waals surface area contributed by atoms with Crippen molar-refractivity contribution in [2.75, 3.05) is 0 Å². The van der Waals surface area contributed by atoms with Gasteiger partial charge in [-0.05, 0) is 49.9 Å². The Balaban J connectivity index is 1.44. The maximum absolute atomic E-state index is 13.1. The van der Waals surface area contributed by atoms with E-state index in [1.54, 1.807) is 36.4 Å². The van der Waals surface area contributed by atoms with E-state index in [9.17, 15) is 14.4 Å². The Morgan fingerprint density at radius 2 is 1.50 bits per heavy atom. The fourth-order valence-corrected chi connectivity index (χ4v) is 4.14. The third-order valence-electron chi connectivity index (χ3n) is 6.05. The number of benzene rings is 2. The number of hydrogen-bond acceptors (Lipinski definition) is 4. The Hall–Kier alpha value is -2.95. The molecule has 4 rings (SSSR count). The highest BCUT2D eigenvalue weighted by atomic mass is 16.5. The van der Waals surface area contributed by atoms with E-state index in [1.165, 1.54) is 0 Å². The molecule has 1 amide bonds. The van der Waals surface area contributed by atoms with Crippen molar-refractivity contribution in [2.24, 2.45) is 5.41 Å². The van der Waals surface area contributed by atoms with Crippen LogP contribution in [0.3, 0.4) is 0 Å². The number of ether oxygens (including phenoxy) is 1. The van der Waals surface area contributed by atoms with Crippen molar-refractivity contribution in [3.8, 4) is 5.75 Å². The molecule has 2 fully saturated rings. The van der Waals surface area contributed by atoms with Crippen LogP contribution in [0.5, 0.6) is 5.75 Å². The molecule has 5 heteroatoms. The monoisotopic (exact) mass is 405 g/mol. The van der Waals surface area contributed by atoms with Crippen molar-refractivity contribution in [3.63, 3.8) is 0 Å². The van der Waals surface area contributed by atoms with Crippen molar-refractivity contribution >= 4 is 17.7 Å². The molecule has 156 valence electrons. The highest BCUT2D eigenvalue weighted by molar-refractivity contribution is 6.09. The van der Waals surface area contributed by atoms with Crippen LogP contribution in [-0.2, 0) is 9.59 Å². The van der Waals surface area contributed by atoms with Gasteiger partial charge in [-0.1, -0.05) is 49.6 Å². The Labute approximate surface area is 176 Å². The molecule has 30 heavy (non-hydrogen) atoms. The topological polar surface area (TPSA) is 72.5 Å². The molecule has 2 aromatic carbocycles. The quantitative estimate of drug-likeness (QED) is 0.420. The minimum absolute atomic E-state index is 0.0554. The van der Waals surface area contributed by atoms with Crippen molar-refractivity contribution < 1.29 is 19.1 Å². The van der Waals surface area contributed by atoms with E-state index in [-0.39, 0.29) is 30.1 Å². The Bertz CT molecular complexity index is 910. The van der Waals surface area contributed by atoms with Gasteiger partial charge in [0.2, 0.25) is 5.91 Å². The second-order valence-corrected chi connectivity index (χ2v) is 8.47. The van der Waals surface area contributed by atoms with Crippen molar-refractivity contribution in [1.29, 1.82) is 0 Å². The fraction of sp³-hybridized carbons (Fsp3) is 0.400. The zero-order valence-corrected chi connectivity index (χ0v) is 17.1. The van der Waals surface area contributed by atoms with Crippen LogP contribution in [0.25, 0.3) is 0 Å². The predicted molar refractivity (Wildman–Crippen MR) is 113 cm³/mol. The summed E-state index contributed by atoms with van der Waals surface area (Å²) in [7, 11) is 0. The first-order chi connectivity index (χ1) is 14.6. The molecular weight excluding hydrogens is 378 g/mol. The van der Waals surface area contributed by atoms with Crippen LogP contribution >= 0.6 is 0 Å². The lowest BCUT2D eigenvalue weighted by molar-refractivity contribution is -0.151. The number of nitrogens with one attached hydrogen (secondary N) is 1. The Morgan fingerprint density at radius 3 is 2.13 bits per heavy atom. The molecule has 2 saturated carbocycles. The number of carbonyl (C=O) groups is 3.